The van der Waals surface area contributed by atoms with Crippen LogP contribution >= 0.6 is 0 Å². The molecule has 0 radical (unpaired) electrons. The van der Waals surface area contributed by atoms with Crippen molar-refractivity contribution in [2.24, 2.45) is 11.7 Å². The third-order valence-corrected chi connectivity index (χ3v) is 2.91. The lowest BCUT2D eigenvalue weighted by Crippen LogP contribution is -2.38. The second kappa shape index (κ2) is 6.02. The normalized spacial score (nSPS) is 13.4. The molecule has 1 atom stereocenters. The zero-order valence-electron chi connectivity index (χ0n) is 10.9. The van der Waals surface area contributed by atoms with Crippen LogP contribution in [-0.4, -0.2) is 24.5 Å². The maximum Gasteiger partial charge on any atom is 0.0231 e. The van der Waals surface area contributed by atoms with Gasteiger partial charge in [-0.25, -0.2) is 0 Å². The fraction of sp³-hybridized carbons (Fsp3) is 0.571. The van der Waals surface area contributed by atoms with Gasteiger partial charge in [-0.2, -0.15) is 0 Å². The van der Waals surface area contributed by atoms with E-state index in [0.29, 0.717) is 5.92 Å². The minimum Gasteiger partial charge on any atom is -0.326 e. The minimum atomic E-state index is 0.259. The summed E-state index contributed by atoms with van der Waals surface area (Å²) < 4.78 is 0. The first kappa shape index (κ1) is 13.2. The Morgan fingerprint density at radius 1 is 1.31 bits per heavy atom. The van der Waals surface area contributed by atoms with Crippen LogP contribution in [-0.2, 0) is 6.54 Å². The monoisotopic (exact) mass is 220 g/mol. The first-order valence-electron chi connectivity index (χ1n) is 5.98. The van der Waals surface area contributed by atoms with Crippen LogP contribution < -0.4 is 5.73 Å². The maximum atomic E-state index is 6.06. The molecule has 0 aliphatic rings. The maximum absolute atomic E-state index is 6.06. The molecule has 1 aromatic carbocycles. The van der Waals surface area contributed by atoms with Gasteiger partial charge in [0.05, 0.1) is 0 Å². The molecule has 1 aromatic rings. The second-order valence-electron chi connectivity index (χ2n) is 5.09. The number of nitrogens with zero attached hydrogens (tertiary/aromatic N) is 1. The smallest absolute Gasteiger partial charge is 0.0231 e. The molecule has 1 rings (SSSR count). The van der Waals surface area contributed by atoms with E-state index < -0.39 is 0 Å². The summed E-state index contributed by atoms with van der Waals surface area (Å²) in [5.74, 6) is 0.542. The van der Waals surface area contributed by atoms with Crippen LogP contribution in [0.3, 0.4) is 0 Å². The Labute approximate surface area is 99.5 Å². The molecule has 0 bridgehead atoms. The SMILES string of the molecule is Cc1cccc(CN(C)CC(N)C(C)C)c1. The Bertz CT molecular complexity index is 320. The minimum absolute atomic E-state index is 0.259. The molecule has 0 fully saturated rings. The van der Waals surface area contributed by atoms with Crippen molar-refractivity contribution >= 4 is 0 Å². The van der Waals surface area contributed by atoms with Gasteiger partial charge in [0, 0.05) is 19.1 Å². The van der Waals surface area contributed by atoms with E-state index in [1.54, 1.807) is 0 Å². The zero-order chi connectivity index (χ0) is 12.1. The molecule has 0 aliphatic carbocycles. The van der Waals surface area contributed by atoms with Gasteiger partial charge in [-0.1, -0.05) is 43.7 Å². The fourth-order valence-electron chi connectivity index (χ4n) is 1.76. The molecular formula is C14H24N2. The third kappa shape index (κ3) is 4.33. The molecule has 1 unspecified atom stereocenters. The molecule has 0 saturated heterocycles. The Morgan fingerprint density at radius 3 is 2.56 bits per heavy atom. The molecule has 0 heterocycles. The van der Waals surface area contributed by atoms with Gasteiger partial charge in [0.1, 0.15) is 0 Å². The molecule has 0 spiro atoms. The Hall–Kier alpha value is -0.860. The van der Waals surface area contributed by atoms with Gasteiger partial charge in [-0.3, -0.25) is 0 Å². The van der Waals surface area contributed by atoms with E-state index in [0.717, 1.165) is 13.1 Å². The van der Waals surface area contributed by atoms with E-state index in [2.05, 4.69) is 57.0 Å². The fourth-order valence-corrected chi connectivity index (χ4v) is 1.76. The highest BCUT2D eigenvalue weighted by atomic mass is 15.1. The van der Waals surface area contributed by atoms with Crippen molar-refractivity contribution in [2.45, 2.75) is 33.4 Å². The number of benzene rings is 1. The molecule has 0 aromatic heterocycles. The number of hydrogen-bond donors (Lipinski definition) is 1. The highest BCUT2D eigenvalue weighted by Gasteiger charge is 2.10. The Balaban J connectivity index is 2.48. The van der Waals surface area contributed by atoms with E-state index in [-0.39, 0.29) is 6.04 Å². The van der Waals surface area contributed by atoms with E-state index in [1.165, 1.54) is 11.1 Å². The average molecular weight is 220 g/mol. The summed E-state index contributed by atoms with van der Waals surface area (Å²) in [4.78, 5) is 2.29. The summed E-state index contributed by atoms with van der Waals surface area (Å²) in [5, 5.41) is 0. The molecule has 90 valence electrons. The van der Waals surface area contributed by atoms with Gasteiger partial charge in [-0.15, -0.1) is 0 Å². The molecular weight excluding hydrogens is 196 g/mol. The summed E-state index contributed by atoms with van der Waals surface area (Å²) in [6.07, 6.45) is 0. The predicted octanol–water partition coefficient (Wildman–Crippen LogP) is 2.41. The average Bonchev–Trinajstić information content (AvgIpc) is 2.16. The van der Waals surface area contributed by atoms with Gasteiger partial charge in [0.2, 0.25) is 0 Å². The van der Waals surface area contributed by atoms with Crippen LogP contribution in [0.25, 0.3) is 0 Å². The van der Waals surface area contributed by atoms with Gasteiger partial charge >= 0.3 is 0 Å². The topological polar surface area (TPSA) is 29.3 Å². The number of rotatable bonds is 5. The van der Waals surface area contributed by atoms with Crippen LogP contribution in [0.4, 0.5) is 0 Å². The molecule has 2 heteroatoms. The van der Waals surface area contributed by atoms with Crippen molar-refractivity contribution in [1.82, 2.24) is 4.90 Å². The summed E-state index contributed by atoms with van der Waals surface area (Å²) in [6, 6.07) is 8.90. The first-order chi connectivity index (χ1) is 7.49. The molecule has 0 amide bonds. The molecule has 16 heavy (non-hydrogen) atoms. The zero-order valence-corrected chi connectivity index (χ0v) is 10.9. The quantitative estimate of drug-likeness (QED) is 0.825. The molecule has 2 nitrogen and oxygen atoms in total. The summed E-state index contributed by atoms with van der Waals surface area (Å²) >= 11 is 0. The lowest BCUT2D eigenvalue weighted by molar-refractivity contribution is 0.276. The highest BCUT2D eigenvalue weighted by Crippen LogP contribution is 2.08. The molecule has 0 saturated carbocycles. The third-order valence-electron chi connectivity index (χ3n) is 2.91. The Kier molecular flexibility index (Phi) is 4.97. The second-order valence-corrected chi connectivity index (χ2v) is 5.09. The Morgan fingerprint density at radius 2 is 2.00 bits per heavy atom. The van der Waals surface area contributed by atoms with E-state index >= 15 is 0 Å². The lowest BCUT2D eigenvalue weighted by atomic mass is 10.0. The van der Waals surface area contributed by atoms with Crippen molar-refractivity contribution in [1.29, 1.82) is 0 Å². The van der Waals surface area contributed by atoms with Gasteiger partial charge in [-0.05, 0) is 25.5 Å². The lowest BCUT2D eigenvalue weighted by Gasteiger charge is -2.23. The van der Waals surface area contributed by atoms with Gasteiger partial charge in [0.15, 0.2) is 0 Å². The van der Waals surface area contributed by atoms with Crippen molar-refractivity contribution in [3.63, 3.8) is 0 Å². The van der Waals surface area contributed by atoms with Crippen LogP contribution in [0.2, 0.25) is 0 Å². The largest absolute Gasteiger partial charge is 0.326 e. The summed E-state index contributed by atoms with van der Waals surface area (Å²) in [5.41, 5.74) is 8.74. The van der Waals surface area contributed by atoms with Crippen LogP contribution in [0, 0.1) is 12.8 Å². The summed E-state index contributed by atoms with van der Waals surface area (Å²) in [6.45, 7) is 8.40. The van der Waals surface area contributed by atoms with Crippen LogP contribution in [0.5, 0.6) is 0 Å². The van der Waals surface area contributed by atoms with Crippen molar-refractivity contribution in [3.05, 3.63) is 35.4 Å². The van der Waals surface area contributed by atoms with Crippen LogP contribution in [0.15, 0.2) is 24.3 Å². The van der Waals surface area contributed by atoms with Crippen molar-refractivity contribution < 1.29 is 0 Å². The highest BCUT2D eigenvalue weighted by molar-refractivity contribution is 5.21. The standard InChI is InChI=1S/C14H24N2/c1-11(2)14(15)10-16(4)9-13-7-5-6-12(3)8-13/h5-8,11,14H,9-10,15H2,1-4H3. The number of aryl methyl sites for hydroxylation is 1. The van der Waals surface area contributed by atoms with E-state index in [1.807, 2.05) is 0 Å². The van der Waals surface area contributed by atoms with Gasteiger partial charge in [0.25, 0.3) is 0 Å². The number of likely N-dealkylation sites (N-methyl/N-ethyl adjacent to an activating group) is 1. The molecule has 2 N–H and O–H groups in total. The van der Waals surface area contributed by atoms with Gasteiger partial charge < -0.3 is 10.6 Å². The number of hydrogen-bond acceptors (Lipinski definition) is 2. The first-order valence-corrected chi connectivity index (χ1v) is 5.98. The summed E-state index contributed by atoms with van der Waals surface area (Å²) in [7, 11) is 2.13. The van der Waals surface area contributed by atoms with Crippen LogP contribution in [0.1, 0.15) is 25.0 Å². The van der Waals surface area contributed by atoms with Crippen molar-refractivity contribution in [3.8, 4) is 0 Å². The predicted molar refractivity (Wildman–Crippen MR) is 70.3 cm³/mol. The van der Waals surface area contributed by atoms with Crippen molar-refractivity contribution in [2.75, 3.05) is 13.6 Å². The molecule has 0 aliphatic heterocycles. The van der Waals surface area contributed by atoms with E-state index in [9.17, 15) is 0 Å². The van der Waals surface area contributed by atoms with E-state index in [4.69, 9.17) is 5.73 Å². The number of nitrogens with two attached hydrogens (primary N) is 1.